The quantitative estimate of drug-likeness (QED) is 0.456. The Morgan fingerprint density at radius 2 is 1.23 bits per heavy atom. The van der Waals surface area contributed by atoms with Crippen LogP contribution >= 0.6 is 0 Å². The van der Waals surface area contributed by atoms with E-state index in [0.29, 0.717) is 12.5 Å². The summed E-state index contributed by atoms with van der Waals surface area (Å²) in [6.07, 6.45) is 0.388. The Morgan fingerprint density at radius 3 is 1.62 bits per heavy atom. The van der Waals surface area contributed by atoms with Gasteiger partial charge in [-0.25, -0.2) is 9.59 Å². The maximum absolute atomic E-state index is 12.8. The molecule has 14 heteroatoms. The molecule has 4 unspecified atom stereocenters. The van der Waals surface area contributed by atoms with E-state index in [9.17, 15) is 22.5 Å². The van der Waals surface area contributed by atoms with E-state index in [-0.39, 0.29) is 101 Å². The van der Waals surface area contributed by atoms with Crippen LogP contribution in [0.25, 0.3) is 0 Å². The van der Waals surface area contributed by atoms with Gasteiger partial charge in [-0.1, -0.05) is 6.42 Å². The molecule has 5 aliphatic rings. The van der Waals surface area contributed by atoms with E-state index in [0.717, 1.165) is 13.0 Å². The maximum Gasteiger partial charge on any atom is 1.00 e. The van der Waals surface area contributed by atoms with Crippen molar-refractivity contribution in [1.82, 2.24) is 9.80 Å². The molecule has 2 amide bonds. The number of carbonyl (C=O) groups is 2. The van der Waals surface area contributed by atoms with Gasteiger partial charge in [0, 0.05) is 31.5 Å². The summed E-state index contributed by atoms with van der Waals surface area (Å²) in [6, 6.07) is 0. The van der Waals surface area contributed by atoms with Gasteiger partial charge in [-0.05, 0) is 92.8 Å². The fourth-order valence-electron chi connectivity index (χ4n) is 5.93. The summed E-state index contributed by atoms with van der Waals surface area (Å²) in [5.74, 6) is 0.0599. The monoisotopic (exact) mass is 598 g/mol. The first-order chi connectivity index (χ1) is 17.4. The molecule has 4 atom stereocenters. The van der Waals surface area contributed by atoms with Crippen LogP contribution in [-0.4, -0.2) is 84.7 Å². The molecule has 40 heavy (non-hydrogen) atoms. The summed E-state index contributed by atoms with van der Waals surface area (Å²) in [7, 11) is -0.227. The zero-order chi connectivity index (χ0) is 29.6. The third-order valence-electron chi connectivity index (χ3n) is 9.09. The van der Waals surface area contributed by atoms with Crippen LogP contribution < -0.4 is 51.4 Å². The Hall–Kier alpha value is 0.0162. The molecule has 0 spiro atoms. The molecular weight excluding hydrogens is 554 g/mol. The molecular formula is C26H44B2F3KN2O6. The molecule has 5 fully saturated rings. The van der Waals surface area contributed by atoms with Crippen LogP contribution in [-0.2, 0) is 18.8 Å². The summed E-state index contributed by atoms with van der Waals surface area (Å²) in [5.41, 5.74) is -1.76. The summed E-state index contributed by atoms with van der Waals surface area (Å²) in [4.78, 5) is 26.9. The van der Waals surface area contributed by atoms with Crippen molar-refractivity contribution in [2.24, 2.45) is 11.8 Å². The van der Waals surface area contributed by atoms with Crippen molar-refractivity contribution in [1.29, 1.82) is 0 Å². The molecule has 0 N–H and O–H groups in total. The molecule has 5 rings (SSSR count). The van der Waals surface area contributed by atoms with Crippen molar-refractivity contribution in [3.8, 4) is 0 Å². The number of fused-ring (bicyclic) bond motifs is 2. The van der Waals surface area contributed by atoms with Crippen molar-refractivity contribution in [2.75, 3.05) is 26.2 Å². The SMILES string of the molecule is CC(C)(C)OC(=O)N1CC2CC2(B2OC(C)(C)C(C)(C)O2)C1.CC(C)(C)OC(=O)N1CC2CC2([B-](F)(F)F)C1.[K+]. The third-order valence-corrected chi connectivity index (χ3v) is 9.09. The number of likely N-dealkylation sites (tertiary alicyclic amines) is 2. The van der Waals surface area contributed by atoms with Crippen LogP contribution in [0.4, 0.5) is 22.5 Å². The molecule has 2 saturated carbocycles. The van der Waals surface area contributed by atoms with Crippen LogP contribution in [0.3, 0.4) is 0 Å². The minimum absolute atomic E-state index is 0. The average Bonchev–Trinajstić information content (AvgIpc) is 3.48. The molecule has 0 aromatic heterocycles. The van der Waals surface area contributed by atoms with E-state index >= 15 is 0 Å². The fraction of sp³-hybridized carbons (Fsp3) is 0.923. The number of nitrogens with zero attached hydrogens (tertiary/aromatic N) is 2. The van der Waals surface area contributed by atoms with Gasteiger partial charge in [0.15, 0.2) is 0 Å². The summed E-state index contributed by atoms with van der Waals surface area (Å²) < 4.78 is 61.5. The van der Waals surface area contributed by atoms with Crippen LogP contribution in [0, 0.1) is 11.8 Å². The molecule has 0 aromatic rings. The minimum atomic E-state index is -4.87. The average molecular weight is 598 g/mol. The second-order valence-corrected chi connectivity index (χ2v) is 15.2. The van der Waals surface area contributed by atoms with Gasteiger partial charge in [-0.2, -0.15) is 0 Å². The standard InChI is InChI=1S/C16H28BNO4.C10H16BF3NO2.K/c1-13(2,3)20-12(19)18-9-11-8-16(11,10-18)17-21-14(4,5)15(6,7)22-17;1-9(2,3)17-8(16)15-5-7-4-10(7,6-15)11(12,13)14;/h11H,8-10H2,1-7H3;7H,4-6H2,1-3H3;/q;-1;+1. The molecule has 0 aromatic carbocycles. The zero-order valence-corrected chi connectivity index (χ0v) is 29.2. The van der Waals surface area contributed by atoms with E-state index in [1.165, 1.54) is 4.90 Å². The van der Waals surface area contributed by atoms with Crippen LogP contribution in [0.5, 0.6) is 0 Å². The fourth-order valence-corrected chi connectivity index (χ4v) is 5.93. The van der Waals surface area contributed by atoms with Gasteiger partial charge in [0.05, 0.1) is 11.2 Å². The van der Waals surface area contributed by atoms with Gasteiger partial charge < -0.3 is 41.5 Å². The van der Waals surface area contributed by atoms with Crippen LogP contribution in [0.2, 0.25) is 10.6 Å². The largest absolute Gasteiger partial charge is 1.00 e. The van der Waals surface area contributed by atoms with Gasteiger partial charge in [0.25, 0.3) is 0 Å². The Labute approximate surface area is 279 Å². The van der Waals surface area contributed by atoms with Crippen molar-refractivity contribution in [2.45, 2.75) is 115 Å². The summed E-state index contributed by atoms with van der Waals surface area (Å²) in [6.45, 7) is 15.6. The Kier molecular flexibility index (Phi) is 9.12. The molecule has 222 valence electrons. The summed E-state index contributed by atoms with van der Waals surface area (Å²) in [5, 5.41) is -1.63. The number of rotatable bonds is 2. The van der Waals surface area contributed by atoms with Crippen LogP contribution in [0.1, 0.15) is 82.1 Å². The number of ether oxygens (including phenoxy) is 2. The van der Waals surface area contributed by atoms with Crippen molar-refractivity contribution < 1.29 is 92.7 Å². The van der Waals surface area contributed by atoms with E-state index in [1.807, 2.05) is 25.7 Å². The minimum Gasteiger partial charge on any atom is -0.448 e. The van der Waals surface area contributed by atoms with E-state index in [1.54, 1.807) is 20.8 Å². The second-order valence-electron chi connectivity index (χ2n) is 15.2. The first-order valence-corrected chi connectivity index (χ1v) is 13.9. The summed E-state index contributed by atoms with van der Waals surface area (Å²) >= 11 is 0. The van der Waals surface area contributed by atoms with Gasteiger partial charge in [-0.3, -0.25) is 0 Å². The molecule has 0 radical (unpaired) electrons. The van der Waals surface area contributed by atoms with Crippen LogP contribution in [0.15, 0.2) is 0 Å². The number of halogens is 3. The predicted octanol–water partition coefficient (Wildman–Crippen LogP) is 2.94. The second kappa shape index (κ2) is 10.6. The van der Waals surface area contributed by atoms with E-state index in [4.69, 9.17) is 18.8 Å². The topological polar surface area (TPSA) is 77.5 Å². The van der Waals surface area contributed by atoms with E-state index in [2.05, 4.69) is 27.7 Å². The maximum atomic E-state index is 12.8. The predicted molar refractivity (Wildman–Crippen MR) is 142 cm³/mol. The number of hydrogen-bond donors (Lipinski definition) is 0. The Morgan fingerprint density at radius 1 is 0.800 bits per heavy atom. The first kappa shape index (κ1) is 34.5. The van der Waals surface area contributed by atoms with Gasteiger partial charge in [0.1, 0.15) is 11.2 Å². The molecule has 3 saturated heterocycles. The molecule has 0 bridgehead atoms. The number of carbonyl (C=O) groups excluding carboxylic acids is 2. The van der Waals surface area contributed by atoms with Crippen molar-refractivity contribution in [3.63, 3.8) is 0 Å². The third kappa shape index (κ3) is 6.72. The molecule has 2 aliphatic carbocycles. The normalized spacial score (nSPS) is 33.3. The van der Waals surface area contributed by atoms with E-state index < -0.39 is 35.5 Å². The number of hydrogen-bond acceptors (Lipinski definition) is 6. The van der Waals surface area contributed by atoms with Gasteiger partial charge in [-0.15, -0.1) is 0 Å². The van der Waals surface area contributed by atoms with Crippen molar-refractivity contribution in [3.05, 3.63) is 0 Å². The molecule has 3 heterocycles. The Balaban J connectivity index is 0.000000222. The Bertz CT molecular complexity index is 1000. The molecule has 8 nitrogen and oxygen atoms in total. The first-order valence-electron chi connectivity index (χ1n) is 13.9. The van der Waals surface area contributed by atoms with Gasteiger partial charge in [0.2, 0.25) is 0 Å². The molecule has 3 aliphatic heterocycles. The van der Waals surface area contributed by atoms with Gasteiger partial charge >= 0.3 is 77.7 Å². The zero-order valence-electron chi connectivity index (χ0n) is 26.0. The van der Waals surface area contributed by atoms with Crippen molar-refractivity contribution >= 4 is 26.3 Å². The number of amides is 2. The smallest absolute Gasteiger partial charge is 0.448 e. The number of piperidine rings is 2.